The zero-order valence-corrected chi connectivity index (χ0v) is 12.8. The van der Waals surface area contributed by atoms with Crippen LogP contribution in [0.1, 0.15) is 12.8 Å². The fourth-order valence-corrected chi connectivity index (χ4v) is 4.18. The second kappa shape index (κ2) is 8.06. The van der Waals surface area contributed by atoms with Crippen molar-refractivity contribution in [1.82, 2.24) is 0 Å². The van der Waals surface area contributed by atoms with Crippen LogP contribution in [0, 0.1) is 23.0 Å². The van der Waals surface area contributed by atoms with Crippen LogP contribution in [0.3, 0.4) is 0 Å². The van der Waals surface area contributed by atoms with Gasteiger partial charge in [0.15, 0.2) is 0 Å². The van der Waals surface area contributed by atoms with Crippen LogP contribution in [0.4, 0.5) is 8.78 Å². The van der Waals surface area contributed by atoms with E-state index in [0.29, 0.717) is 12.8 Å². The Hall–Kier alpha value is -1.51. The summed E-state index contributed by atoms with van der Waals surface area (Å²) in [6, 6.07) is 14.7. The van der Waals surface area contributed by atoms with Crippen LogP contribution in [-0.2, 0) is 0 Å². The van der Waals surface area contributed by atoms with E-state index < -0.39 is 0 Å². The second-order valence-corrected chi connectivity index (χ2v) is 7.12. The molecular weight excluding hydrogens is 308 g/mol. The van der Waals surface area contributed by atoms with Crippen LogP contribution >= 0.6 is 23.5 Å². The molecule has 108 valence electrons. The van der Waals surface area contributed by atoms with E-state index in [4.69, 9.17) is 5.26 Å². The molecule has 2 aromatic rings. The summed E-state index contributed by atoms with van der Waals surface area (Å²) in [5.41, 5.74) is 0. The SMILES string of the molecule is N#CCCC(Sc1ccc(F)cc1)Sc1ccc(F)cc1. The Morgan fingerprint density at radius 2 is 1.29 bits per heavy atom. The summed E-state index contributed by atoms with van der Waals surface area (Å²) >= 11 is 3.18. The molecule has 0 aromatic heterocycles. The highest BCUT2D eigenvalue weighted by Gasteiger charge is 2.12. The van der Waals surface area contributed by atoms with Gasteiger partial charge in [0.1, 0.15) is 11.6 Å². The number of hydrogen-bond acceptors (Lipinski definition) is 3. The molecular formula is C16H13F2NS2. The summed E-state index contributed by atoms with van der Waals surface area (Å²) < 4.78 is 26.0. The van der Waals surface area contributed by atoms with E-state index in [1.807, 2.05) is 0 Å². The first kappa shape index (κ1) is 15.9. The first-order chi connectivity index (χ1) is 10.2. The summed E-state index contributed by atoms with van der Waals surface area (Å²) in [6.07, 6.45) is 1.16. The first-order valence-electron chi connectivity index (χ1n) is 6.39. The van der Waals surface area contributed by atoms with Crippen molar-refractivity contribution in [3.63, 3.8) is 0 Å². The standard InChI is InChI=1S/C16H13F2NS2/c17-12-3-7-14(8-4-12)20-16(2-1-11-19)21-15-9-5-13(18)6-10-15/h3-10,16H,1-2H2. The molecule has 0 aliphatic rings. The zero-order valence-electron chi connectivity index (χ0n) is 11.1. The van der Waals surface area contributed by atoms with Crippen molar-refractivity contribution in [3.8, 4) is 6.07 Å². The van der Waals surface area contributed by atoms with Gasteiger partial charge >= 0.3 is 0 Å². The molecule has 0 radical (unpaired) electrons. The number of thioether (sulfide) groups is 2. The summed E-state index contributed by atoms with van der Waals surface area (Å²) in [6.45, 7) is 0. The predicted octanol–water partition coefficient (Wildman–Crippen LogP) is 5.48. The van der Waals surface area contributed by atoms with Gasteiger partial charge in [0, 0.05) is 16.2 Å². The second-order valence-electron chi connectivity index (χ2n) is 4.27. The van der Waals surface area contributed by atoms with Crippen molar-refractivity contribution >= 4 is 23.5 Å². The summed E-state index contributed by atoms with van der Waals surface area (Å²) in [7, 11) is 0. The molecule has 21 heavy (non-hydrogen) atoms. The minimum atomic E-state index is -0.265. The van der Waals surface area contributed by atoms with Crippen LogP contribution in [0.2, 0.25) is 0 Å². The molecule has 2 aromatic carbocycles. The van der Waals surface area contributed by atoms with Gasteiger partial charge in [-0.25, -0.2) is 8.78 Å². The van der Waals surface area contributed by atoms with Gasteiger partial charge in [0.25, 0.3) is 0 Å². The van der Waals surface area contributed by atoms with Crippen molar-refractivity contribution in [2.24, 2.45) is 0 Å². The normalized spacial score (nSPS) is 10.6. The Bertz CT molecular complexity index is 558. The zero-order chi connectivity index (χ0) is 15.1. The van der Waals surface area contributed by atoms with E-state index in [1.165, 1.54) is 24.3 Å². The maximum absolute atomic E-state index is 12.9. The van der Waals surface area contributed by atoms with E-state index >= 15 is 0 Å². The predicted molar refractivity (Wildman–Crippen MR) is 83.1 cm³/mol. The minimum Gasteiger partial charge on any atom is -0.207 e. The topological polar surface area (TPSA) is 23.8 Å². The third-order valence-electron chi connectivity index (χ3n) is 2.65. The van der Waals surface area contributed by atoms with E-state index in [9.17, 15) is 8.78 Å². The monoisotopic (exact) mass is 321 g/mol. The lowest BCUT2D eigenvalue weighted by molar-refractivity contribution is 0.626. The lowest BCUT2D eigenvalue weighted by atomic mass is 10.3. The van der Waals surface area contributed by atoms with E-state index in [1.54, 1.807) is 47.8 Å². The molecule has 0 bridgehead atoms. The summed E-state index contributed by atoms with van der Waals surface area (Å²) in [4.78, 5) is 1.91. The molecule has 0 unspecified atom stereocenters. The first-order valence-corrected chi connectivity index (χ1v) is 8.15. The van der Waals surface area contributed by atoms with Gasteiger partial charge in [-0.15, -0.1) is 23.5 Å². The number of benzene rings is 2. The molecule has 0 N–H and O–H groups in total. The van der Waals surface area contributed by atoms with E-state index in [-0.39, 0.29) is 16.2 Å². The Kier molecular flexibility index (Phi) is 6.09. The van der Waals surface area contributed by atoms with Crippen LogP contribution in [0.25, 0.3) is 0 Å². The molecule has 5 heteroatoms. The Morgan fingerprint density at radius 3 is 1.67 bits per heavy atom. The van der Waals surface area contributed by atoms with Gasteiger partial charge in [-0.3, -0.25) is 0 Å². The maximum atomic E-state index is 12.9. The smallest absolute Gasteiger partial charge is 0.123 e. The van der Waals surface area contributed by atoms with Crippen molar-refractivity contribution in [1.29, 1.82) is 5.26 Å². The Labute approximate surface area is 131 Å². The highest BCUT2D eigenvalue weighted by molar-refractivity contribution is 8.17. The van der Waals surface area contributed by atoms with Crippen molar-refractivity contribution in [3.05, 3.63) is 60.2 Å². The fourth-order valence-electron chi connectivity index (χ4n) is 1.65. The average molecular weight is 321 g/mol. The molecule has 0 spiro atoms. The van der Waals surface area contributed by atoms with Gasteiger partial charge in [0.2, 0.25) is 0 Å². The van der Waals surface area contributed by atoms with Crippen LogP contribution in [0.5, 0.6) is 0 Å². The molecule has 0 saturated carbocycles. The molecule has 0 heterocycles. The Balaban J connectivity index is 2.05. The third-order valence-corrected chi connectivity index (χ3v) is 5.32. The molecule has 1 nitrogen and oxygen atoms in total. The molecule has 0 amide bonds. The van der Waals surface area contributed by atoms with Crippen LogP contribution in [0.15, 0.2) is 58.3 Å². The van der Waals surface area contributed by atoms with Gasteiger partial charge in [0.05, 0.1) is 10.7 Å². The molecule has 0 aliphatic heterocycles. The van der Waals surface area contributed by atoms with Crippen molar-refractivity contribution in [2.45, 2.75) is 27.2 Å². The summed E-state index contributed by atoms with van der Waals surface area (Å²) in [5, 5.41) is 8.75. The molecule has 2 rings (SSSR count). The largest absolute Gasteiger partial charge is 0.207 e. The molecule has 0 fully saturated rings. The van der Waals surface area contributed by atoms with E-state index in [2.05, 4.69) is 6.07 Å². The van der Waals surface area contributed by atoms with Gasteiger partial charge in [-0.1, -0.05) is 0 Å². The van der Waals surface area contributed by atoms with Crippen molar-refractivity contribution < 1.29 is 8.78 Å². The minimum absolute atomic E-state index is 0.126. The van der Waals surface area contributed by atoms with Gasteiger partial charge < -0.3 is 0 Å². The Morgan fingerprint density at radius 1 is 0.857 bits per heavy atom. The lowest BCUT2D eigenvalue weighted by Crippen LogP contribution is -1.96. The van der Waals surface area contributed by atoms with Crippen LogP contribution < -0.4 is 0 Å². The van der Waals surface area contributed by atoms with Crippen LogP contribution in [-0.4, -0.2) is 4.58 Å². The number of rotatable bonds is 6. The number of nitrogens with zero attached hydrogens (tertiary/aromatic N) is 1. The lowest BCUT2D eigenvalue weighted by Gasteiger charge is -2.15. The summed E-state index contributed by atoms with van der Waals surface area (Å²) in [5.74, 6) is -0.529. The fraction of sp³-hybridized carbons (Fsp3) is 0.188. The number of nitriles is 1. The van der Waals surface area contributed by atoms with Crippen molar-refractivity contribution in [2.75, 3.05) is 0 Å². The van der Waals surface area contributed by atoms with Gasteiger partial charge in [-0.2, -0.15) is 5.26 Å². The van der Waals surface area contributed by atoms with E-state index in [0.717, 1.165) is 9.79 Å². The average Bonchev–Trinajstić information content (AvgIpc) is 2.49. The number of halogens is 2. The quantitative estimate of drug-likeness (QED) is 0.520. The highest BCUT2D eigenvalue weighted by Crippen LogP contribution is 2.38. The number of hydrogen-bond donors (Lipinski definition) is 0. The highest BCUT2D eigenvalue weighted by atomic mass is 32.2. The maximum Gasteiger partial charge on any atom is 0.123 e. The molecule has 0 aliphatic carbocycles. The van der Waals surface area contributed by atoms with Gasteiger partial charge in [-0.05, 0) is 55.0 Å². The third kappa shape index (κ3) is 5.41. The molecule has 0 saturated heterocycles. The molecule has 0 atom stereocenters.